The largest absolute Gasteiger partial charge is 0.198 e. The molecule has 0 bridgehead atoms. The Hall–Kier alpha value is -1.33. The van der Waals surface area contributed by atoms with Crippen molar-refractivity contribution in [1.29, 1.82) is 5.26 Å². The van der Waals surface area contributed by atoms with E-state index < -0.39 is 0 Å². The van der Waals surface area contributed by atoms with Crippen molar-refractivity contribution in [3.63, 3.8) is 0 Å². The first-order valence-electron chi connectivity index (χ1n) is 8.13. The fourth-order valence-corrected chi connectivity index (χ4v) is 4.75. The van der Waals surface area contributed by atoms with E-state index in [0.717, 1.165) is 25.2 Å². The van der Waals surface area contributed by atoms with Crippen molar-refractivity contribution in [2.45, 2.75) is 51.9 Å². The summed E-state index contributed by atoms with van der Waals surface area (Å²) in [6, 6.07) is 11.3. The first kappa shape index (κ1) is 14.6. The molecule has 110 valence electrons. The van der Waals surface area contributed by atoms with Gasteiger partial charge in [0.15, 0.2) is 0 Å². The smallest absolute Gasteiger partial charge is 0.0693 e. The molecule has 2 aromatic rings. The van der Waals surface area contributed by atoms with E-state index in [1.807, 2.05) is 11.3 Å². The lowest BCUT2D eigenvalue weighted by Crippen LogP contribution is -2.28. The predicted octanol–water partition coefficient (Wildman–Crippen LogP) is 5.94. The van der Waals surface area contributed by atoms with E-state index in [9.17, 15) is 5.26 Å². The molecule has 1 aromatic heterocycles. The van der Waals surface area contributed by atoms with Crippen molar-refractivity contribution in [2.75, 3.05) is 0 Å². The Labute approximate surface area is 131 Å². The Balaban J connectivity index is 1.78. The standard InChI is InChI=1S/C19H23NS/c1-2-5-15-8-10-19(14-20,11-9-15)12-16-13-21-18-7-4-3-6-17(16)18/h3-4,6-7,13,15H,2,5,8-12H2,1H3. The second kappa shape index (κ2) is 6.20. The molecule has 0 atom stereocenters. The van der Waals surface area contributed by atoms with Gasteiger partial charge in [-0.1, -0.05) is 38.0 Å². The van der Waals surface area contributed by atoms with E-state index in [1.165, 1.54) is 41.3 Å². The quantitative estimate of drug-likeness (QED) is 0.684. The van der Waals surface area contributed by atoms with Crippen LogP contribution in [0.25, 0.3) is 10.1 Å². The van der Waals surface area contributed by atoms with E-state index in [1.54, 1.807) is 0 Å². The number of nitriles is 1. The van der Waals surface area contributed by atoms with E-state index >= 15 is 0 Å². The molecule has 1 aromatic carbocycles. The topological polar surface area (TPSA) is 23.8 Å². The summed E-state index contributed by atoms with van der Waals surface area (Å²) in [5.74, 6) is 0.857. The summed E-state index contributed by atoms with van der Waals surface area (Å²) in [6.45, 7) is 2.27. The molecule has 0 amide bonds. The summed E-state index contributed by atoms with van der Waals surface area (Å²) in [5, 5.41) is 13.4. The van der Waals surface area contributed by atoms with Crippen LogP contribution in [-0.2, 0) is 6.42 Å². The van der Waals surface area contributed by atoms with Gasteiger partial charge in [-0.3, -0.25) is 0 Å². The highest BCUT2D eigenvalue weighted by Gasteiger charge is 2.35. The lowest BCUT2D eigenvalue weighted by atomic mass is 9.67. The van der Waals surface area contributed by atoms with Gasteiger partial charge in [-0.25, -0.2) is 0 Å². The van der Waals surface area contributed by atoms with Crippen LogP contribution in [0.5, 0.6) is 0 Å². The van der Waals surface area contributed by atoms with Gasteiger partial charge in [0.05, 0.1) is 11.5 Å². The summed E-state index contributed by atoms with van der Waals surface area (Å²) in [5.41, 5.74) is 1.26. The fourth-order valence-electron chi connectivity index (χ4n) is 3.79. The van der Waals surface area contributed by atoms with Crippen LogP contribution in [0.3, 0.4) is 0 Å². The van der Waals surface area contributed by atoms with Gasteiger partial charge in [0.2, 0.25) is 0 Å². The van der Waals surface area contributed by atoms with Crippen LogP contribution in [0, 0.1) is 22.7 Å². The second-order valence-electron chi connectivity index (χ2n) is 6.56. The minimum atomic E-state index is -0.117. The van der Waals surface area contributed by atoms with Crippen molar-refractivity contribution in [2.24, 2.45) is 11.3 Å². The molecule has 1 aliphatic carbocycles. The maximum Gasteiger partial charge on any atom is 0.0693 e. The van der Waals surface area contributed by atoms with E-state index in [4.69, 9.17) is 0 Å². The minimum Gasteiger partial charge on any atom is -0.198 e. The third-order valence-corrected chi connectivity index (χ3v) is 6.10. The maximum atomic E-state index is 9.78. The van der Waals surface area contributed by atoms with Crippen LogP contribution in [0.4, 0.5) is 0 Å². The molecular formula is C19H23NS. The van der Waals surface area contributed by atoms with Crippen LogP contribution in [0.15, 0.2) is 29.6 Å². The maximum absolute atomic E-state index is 9.78. The van der Waals surface area contributed by atoms with Crippen LogP contribution >= 0.6 is 11.3 Å². The molecule has 0 saturated heterocycles. The lowest BCUT2D eigenvalue weighted by molar-refractivity contribution is 0.201. The highest BCUT2D eigenvalue weighted by atomic mass is 32.1. The Kier molecular flexibility index (Phi) is 4.31. The van der Waals surface area contributed by atoms with Gasteiger partial charge < -0.3 is 0 Å². The average molecular weight is 297 g/mol. The summed E-state index contributed by atoms with van der Waals surface area (Å²) < 4.78 is 1.35. The molecule has 2 heteroatoms. The molecule has 0 radical (unpaired) electrons. The highest BCUT2D eigenvalue weighted by Crippen LogP contribution is 2.43. The lowest BCUT2D eigenvalue weighted by Gasteiger charge is -2.35. The third kappa shape index (κ3) is 2.99. The Morgan fingerprint density at radius 2 is 2.05 bits per heavy atom. The number of nitrogens with zero attached hydrogens (tertiary/aromatic N) is 1. The fraction of sp³-hybridized carbons (Fsp3) is 0.526. The number of hydrogen-bond donors (Lipinski definition) is 0. The van der Waals surface area contributed by atoms with Gasteiger partial charge in [-0.2, -0.15) is 5.26 Å². The Morgan fingerprint density at radius 3 is 2.76 bits per heavy atom. The second-order valence-corrected chi connectivity index (χ2v) is 7.47. The molecule has 1 fully saturated rings. The molecule has 1 heterocycles. The molecule has 0 aliphatic heterocycles. The summed E-state index contributed by atoms with van der Waals surface area (Å²) in [6.07, 6.45) is 8.19. The molecule has 0 unspecified atom stereocenters. The predicted molar refractivity (Wildman–Crippen MR) is 90.4 cm³/mol. The van der Waals surface area contributed by atoms with Crippen molar-refractivity contribution in [3.8, 4) is 6.07 Å². The monoisotopic (exact) mass is 297 g/mol. The van der Waals surface area contributed by atoms with Gasteiger partial charge in [0.1, 0.15) is 0 Å². The number of benzene rings is 1. The van der Waals surface area contributed by atoms with Crippen LogP contribution in [0.1, 0.15) is 51.0 Å². The van der Waals surface area contributed by atoms with Gasteiger partial charge in [0, 0.05) is 4.70 Å². The molecule has 21 heavy (non-hydrogen) atoms. The Morgan fingerprint density at radius 1 is 1.29 bits per heavy atom. The molecule has 1 saturated carbocycles. The molecule has 1 aliphatic rings. The number of hydrogen-bond acceptors (Lipinski definition) is 2. The van der Waals surface area contributed by atoms with Crippen LogP contribution in [-0.4, -0.2) is 0 Å². The van der Waals surface area contributed by atoms with Crippen LogP contribution < -0.4 is 0 Å². The zero-order valence-electron chi connectivity index (χ0n) is 12.8. The molecule has 0 N–H and O–H groups in total. The molecule has 1 nitrogen and oxygen atoms in total. The van der Waals surface area contributed by atoms with Gasteiger partial charge in [0.25, 0.3) is 0 Å². The first-order chi connectivity index (χ1) is 10.3. The van der Waals surface area contributed by atoms with E-state index in [-0.39, 0.29) is 5.41 Å². The van der Waals surface area contributed by atoms with Crippen molar-refractivity contribution < 1.29 is 0 Å². The van der Waals surface area contributed by atoms with Crippen molar-refractivity contribution in [1.82, 2.24) is 0 Å². The number of thiophene rings is 1. The Bertz CT molecular complexity index is 641. The zero-order chi connectivity index (χ0) is 14.7. The van der Waals surface area contributed by atoms with Crippen LogP contribution in [0.2, 0.25) is 0 Å². The average Bonchev–Trinajstić information content (AvgIpc) is 2.93. The zero-order valence-corrected chi connectivity index (χ0v) is 13.6. The third-order valence-electron chi connectivity index (χ3n) is 5.09. The molecule has 3 rings (SSSR count). The van der Waals surface area contributed by atoms with Crippen molar-refractivity contribution in [3.05, 3.63) is 35.2 Å². The van der Waals surface area contributed by atoms with Gasteiger partial charge in [-0.15, -0.1) is 11.3 Å². The normalized spacial score (nSPS) is 25.8. The number of fused-ring (bicyclic) bond motifs is 1. The summed E-state index contributed by atoms with van der Waals surface area (Å²) in [7, 11) is 0. The minimum absolute atomic E-state index is 0.117. The van der Waals surface area contributed by atoms with Gasteiger partial charge in [-0.05, 0) is 60.4 Å². The van der Waals surface area contributed by atoms with Gasteiger partial charge >= 0.3 is 0 Å². The van der Waals surface area contributed by atoms with E-state index in [2.05, 4.69) is 42.6 Å². The first-order valence-corrected chi connectivity index (χ1v) is 9.01. The summed E-state index contributed by atoms with van der Waals surface area (Å²) >= 11 is 1.81. The molecule has 0 spiro atoms. The van der Waals surface area contributed by atoms with E-state index in [0.29, 0.717) is 0 Å². The number of rotatable bonds is 4. The van der Waals surface area contributed by atoms with Crippen molar-refractivity contribution >= 4 is 21.4 Å². The summed E-state index contributed by atoms with van der Waals surface area (Å²) in [4.78, 5) is 0. The molecular weight excluding hydrogens is 274 g/mol. The highest BCUT2D eigenvalue weighted by molar-refractivity contribution is 7.17. The SMILES string of the molecule is CCCC1CCC(C#N)(Cc2csc3ccccc23)CC1.